The number of carbonyl (C=O) groups excluding carboxylic acids is 2. The molecule has 0 spiro atoms. The van der Waals surface area contributed by atoms with Crippen molar-refractivity contribution in [2.24, 2.45) is 0 Å². The lowest BCUT2D eigenvalue weighted by Gasteiger charge is -2.20. The lowest BCUT2D eigenvalue weighted by atomic mass is 9.91. The summed E-state index contributed by atoms with van der Waals surface area (Å²) in [7, 11) is 0. The molecule has 0 N–H and O–H groups in total. The quantitative estimate of drug-likeness (QED) is 0.462. The molecule has 0 fully saturated rings. The Morgan fingerprint density at radius 2 is 1.30 bits per heavy atom. The van der Waals surface area contributed by atoms with Gasteiger partial charge in [-0.1, -0.05) is 48.5 Å². The van der Waals surface area contributed by atoms with E-state index in [0.717, 1.165) is 21.5 Å². The van der Waals surface area contributed by atoms with Gasteiger partial charge < -0.3 is 4.74 Å². The Hall–Kier alpha value is -2.68. The van der Waals surface area contributed by atoms with Crippen LogP contribution < -0.4 is 4.74 Å². The number of ether oxygens (including phenoxy) is 1. The molecule has 0 aromatic heterocycles. The van der Waals surface area contributed by atoms with E-state index in [1.165, 1.54) is 0 Å². The zero-order valence-corrected chi connectivity index (χ0v) is 10.6. The first-order chi connectivity index (χ1) is 9.77. The SMILES string of the molecule is O=C1COc2c(c3ccccc3c3ccccc23)C1=O. The van der Waals surface area contributed by atoms with E-state index in [-0.39, 0.29) is 6.61 Å². The highest BCUT2D eigenvalue weighted by Crippen LogP contribution is 2.39. The molecule has 3 aromatic carbocycles. The monoisotopic (exact) mass is 262 g/mol. The molecule has 1 heterocycles. The van der Waals surface area contributed by atoms with Gasteiger partial charge >= 0.3 is 0 Å². The molecule has 1 aliphatic rings. The van der Waals surface area contributed by atoms with Crippen LogP contribution in [-0.2, 0) is 4.79 Å². The summed E-state index contributed by atoms with van der Waals surface area (Å²) in [5.74, 6) is -0.407. The first kappa shape index (κ1) is 11.2. The summed E-state index contributed by atoms with van der Waals surface area (Å²) in [4.78, 5) is 23.9. The van der Waals surface area contributed by atoms with E-state index in [1.54, 1.807) is 0 Å². The van der Waals surface area contributed by atoms with Crippen LogP contribution in [0, 0.1) is 0 Å². The molecular formula is C17H10O3. The highest BCUT2D eigenvalue weighted by molar-refractivity contribution is 6.48. The molecule has 3 heteroatoms. The topological polar surface area (TPSA) is 43.4 Å². The van der Waals surface area contributed by atoms with Gasteiger partial charge in [0, 0.05) is 5.39 Å². The summed E-state index contributed by atoms with van der Waals surface area (Å²) in [5.41, 5.74) is 0.399. The summed E-state index contributed by atoms with van der Waals surface area (Å²) >= 11 is 0. The summed E-state index contributed by atoms with van der Waals surface area (Å²) < 4.78 is 5.56. The fourth-order valence-corrected chi connectivity index (χ4v) is 2.83. The van der Waals surface area contributed by atoms with E-state index < -0.39 is 11.6 Å². The Bertz CT molecular complexity index is 893. The third kappa shape index (κ3) is 1.35. The summed E-state index contributed by atoms with van der Waals surface area (Å²) in [6.45, 7) is -0.172. The Kier molecular flexibility index (Phi) is 2.18. The van der Waals surface area contributed by atoms with Crippen LogP contribution >= 0.6 is 0 Å². The third-order valence-electron chi connectivity index (χ3n) is 3.71. The minimum atomic E-state index is -0.488. The van der Waals surface area contributed by atoms with Gasteiger partial charge in [-0.25, -0.2) is 0 Å². The van der Waals surface area contributed by atoms with Crippen molar-refractivity contribution in [3.63, 3.8) is 0 Å². The molecule has 4 rings (SSSR count). The summed E-state index contributed by atoms with van der Waals surface area (Å²) in [5, 5.41) is 3.65. The number of hydrogen-bond acceptors (Lipinski definition) is 3. The summed E-state index contributed by atoms with van der Waals surface area (Å²) in [6.07, 6.45) is 0. The maximum Gasteiger partial charge on any atom is 0.240 e. The molecule has 0 bridgehead atoms. The van der Waals surface area contributed by atoms with Crippen molar-refractivity contribution in [1.82, 2.24) is 0 Å². The lowest BCUT2D eigenvalue weighted by Crippen LogP contribution is -2.28. The van der Waals surface area contributed by atoms with Gasteiger partial charge in [0.2, 0.25) is 11.6 Å². The average Bonchev–Trinajstić information content (AvgIpc) is 2.50. The van der Waals surface area contributed by atoms with Crippen LogP contribution in [0.5, 0.6) is 5.75 Å². The van der Waals surface area contributed by atoms with E-state index in [2.05, 4.69) is 0 Å². The number of Topliss-reactive ketones (excluding diaryl/α,β-unsaturated/α-hetero) is 2. The van der Waals surface area contributed by atoms with Gasteiger partial charge in [0.15, 0.2) is 6.61 Å². The molecule has 0 amide bonds. The van der Waals surface area contributed by atoms with Crippen LogP contribution in [0.2, 0.25) is 0 Å². The smallest absolute Gasteiger partial charge is 0.240 e. The molecule has 0 unspecified atom stereocenters. The van der Waals surface area contributed by atoms with Crippen LogP contribution in [0.1, 0.15) is 10.4 Å². The van der Waals surface area contributed by atoms with Gasteiger partial charge in [-0.15, -0.1) is 0 Å². The van der Waals surface area contributed by atoms with E-state index in [4.69, 9.17) is 4.74 Å². The fourth-order valence-electron chi connectivity index (χ4n) is 2.83. The molecular weight excluding hydrogens is 252 g/mol. The number of benzene rings is 3. The highest BCUT2D eigenvalue weighted by Gasteiger charge is 2.30. The Morgan fingerprint density at radius 1 is 0.750 bits per heavy atom. The van der Waals surface area contributed by atoms with Gasteiger partial charge in [-0.2, -0.15) is 0 Å². The lowest BCUT2D eigenvalue weighted by molar-refractivity contribution is -0.117. The van der Waals surface area contributed by atoms with E-state index in [1.807, 2.05) is 48.5 Å². The average molecular weight is 262 g/mol. The van der Waals surface area contributed by atoms with E-state index >= 15 is 0 Å². The molecule has 0 aliphatic carbocycles. The normalized spacial score (nSPS) is 14.4. The minimum absolute atomic E-state index is 0.172. The Morgan fingerprint density at radius 3 is 2.00 bits per heavy atom. The molecule has 0 saturated carbocycles. The molecule has 1 aliphatic heterocycles. The van der Waals surface area contributed by atoms with Gasteiger partial charge in [-0.05, 0) is 16.2 Å². The second kappa shape index (κ2) is 3.90. The summed E-state index contributed by atoms with van der Waals surface area (Å²) in [6, 6.07) is 15.4. The van der Waals surface area contributed by atoms with Crippen molar-refractivity contribution in [2.45, 2.75) is 0 Å². The van der Waals surface area contributed by atoms with Crippen molar-refractivity contribution in [1.29, 1.82) is 0 Å². The first-order valence-corrected chi connectivity index (χ1v) is 6.41. The Balaban J connectivity index is 2.30. The number of hydrogen-bond donors (Lipinski definition) is 0. The van der Waals surface area contributed by atoms with Gasteiger partial charge in [0.1, 0.15) is 5.75 Å². The predicted molar refractivity (Wildman–Crippen MR) is 76.3 cm³/mol. The standard InChI is InChI=1S/C17H10O3/c18-14-9-20-17-13-8-4-2-6-11(13)10-5-1-3-7-12(10)15(17)16(14)19/h1-8H,9H2. The van der Waals surface area contributed by atoms with Gasteiger partial charge in [0.25, 0.3) is 0 Å². The second-order valence-electron chi connectivity index (χ2n) is 4.84. The molecule has 3 aromatic rings. The Labute approximate surface area is 114 Å². The molecule has 0 saturated heterocycles. The zero-order valence-electron chi connectivity index (χ0n) is 10.6. The van der Waals surface area contributed by atoms with Crippen LogP contribution in [0.3, 0.4) is 0 Å². The van der Waals surface area contributed by atoms with Gasteiger partial charge in [0.05, 0.1) is 5.56 Å². The molecule has 3 nitrogen and oxygen atoms in total. The minimum Gasteiger partial charge on any atom is -0.484 e. The largest absolute Gasteiger partial charge is 0.484 e. The van der Waals surface area contributed by atoms with Gasteiger partial charge in [-0.3, -0.25) is 9.59 Å². The maximum absolute atomic E-state index is 12.2. The van der Waals surface area contributed by atoms with Crippen molar-refractivity contribution in [2.75, 3.05) is 6.61 Å². The van der Waals surface area contributed by atoms with Crippen molar-refractivity contribution in [3.05, 3.63) is 54.1 Å². The maximum atomic E-state index is 12.2. The van der Waals surface area contributed by atoms with Crippen molar-refractivity contribution < 1.29 is 14.3 Å². The van der Waals surface area contributed by atoms with Crippen LogP contribution in [-0.4, -0.2) is 18.2 Å². The van der Waals surface area contributed by atoms with Crippen LogP contribution in [0.15, 0.2) is 48.5 Å². The third-order valence-corrected chi connectivity index (χ3v) is 3.71. The van der Waals surface area contributed by atoms with Crippen molar-refractivity contribution in [3.8, 4) is 5.75 Å². The molecule has 0 atom stereocenters. The van der Waals surface area contributed by atoms with E-state index in [9.17, 15) is 9.59 Å². The second-order valence-corrected chi connectivity index (χ2v) is 4.84. The van der Waals surface area contributed by atoms with Crippen LogP contribution in [0.25, 0.3) is 21.5 Å². The van der Waals surface area contributed by atoms with E-state index in [0.29, 0.717) is 11.3 Å². The molecule has 0 radical (unpaired) electrons. The predicted octanol–water partition coefficient (Wildman–Crippen LogP) is 3.14. The fraction of sp³-hybridized carbons (Fsp3) is 0.0588. The number of ketones is 2. The molecule has 96 valence electrons. The highest BCUT2D eigenvalue weighted by atomic mass is 16.5. The number of rotatable bonds is 0. The first-order valence-electron chi connectivity index (χ1n) is 6.41. The molecule has 20 heavy (non-hydrogen) atoms. The van der Waals surface area contributed by atoms with Crippen LogP contribution in [0.4, 0.5) is 0 Å². The zero-order chi connectivity index (χ0) is 13.7. The number of fused-ring (bicyclic) bond motifs is 6. The number of carbonyl (C=O) groups is 2. The van der Waals surface area contributed by atoms with Crippen molar-refractivity contribution >= 4 is 33.1 Å².